The Hall–Kier alpha value is -1.64. The van der Waals surface area contributed by atoms with Crippen LogP contribution in [0.2, 0.25) is 0 Å². The van der Waals surface area contributed by atoms with Crippen LogP contribution < -0.4 is 11.1 Å². The number of hydrogen-bond donors (Lipinski definition) is 2. The highest BCUT2D eigenvalue weighted by molar-refractivity contribution is 5.63. The van der Waals surface area contributed by atoms with Gasteiger partial charge in [0.15, 0.2) is 0 Å². The Morgan fingerprint density at radius 1 is 0.850 bits per heavy atom. The van der Waals surface area contributed by atoms with Crippen molar-refractivity contribution in [2.24, 2.45) is 11.7 Å². The summed E-state index contributed by atoms with van der Waals surface area (Å²) in [5.74, 6) is 0.610. The van der Waals surface area contributed by atoms with Crippen molar-refractivity contribution in [2.45, 2.75) is 18.9 Å². The summed E-state index contributed by atoms with van der Waals surface area (Å²) in [6.45, 7) is 2.20. The maximum atomic E-state index is 6.43. The van der Waals surface area contributed by atoms with Crippen LogP contribution in [-0.2, 0) is 0 Å². The van der Waals surface area contributed by atoms with Gasteiger partial charge in [-0.2, -0.15) is 0 Å². The van der Waals surface area contributed by atoms with Crippen molar-refractivity contribution in [1.82, 2.24) is 5.32 Å². The SMILES string of the molecule is NC(c1ccc(-c2ccccc2)cc1)C1CCNCC1. The Bertz CT molecular complexity index is 527. The van der Waals surface area contributed by atoms with Gasteiger partial charge in [-0.3, -0.25) is 0 Å². The maximum Gasteiger partial charge on any atom is 0.0324 e. The highest BCUT2D eigenvalue weighted by Gasteiger charge is 2.21. The molecule has 1 unspecified atom stereocenters. The smallest absolute Gasteiger partial charge is 0.0324 e. The van der Waals surface area contributed by atoms with E-state index in [1.54, 1.807) is 0 Å². The van der Waals surface area contributed by atoms with Crippen LogP contribution in [0.25, 0.3) is 11.1 Å². The van der Waals surface area contributed by atoms with E-state index in [-0.39, 0.29) is 6.04 Å². The van der Waals surface area contributed by atoms with Crippen LogP contribution in [0.4, 0.5) is 0 Å². The second kappa shape index (κ2) is 6.21. The first-order valence-corrected chi connectivity index (χ1v) is 7.46. The van der Waals surface area contributed by atoms with E-state index in [9.17, 15) is 0 Å². The summed E-state index contributed by atoms with van der Waals surface area (Å²) in [4.78, 5) is 0. The van der Waals surface area contributed by atoms with Crippen molar-refractivity contribution in [3.8, 4) is 11.1 Å². The molecule has 1 fully saturated rings. The van der Waals surface area contributed by atoms with Crippen LogP contribution in [0.5, 0.6) is 0 Å². The molecule has 3 N–H and O–H groups in total. The summed E-state index contributed by atoms with van der Waals surface area (Å²) in [6, 6.07) is 19.4. The zero-order chi connectivity index (χ0) is 13.8. The molecular formula is C18H22N2. The molecular weight excluding hydrogens is 244 g/mol. The lowest BCUT2D eigenvalue weighted by Gasteiger charge is -2.28. The molecule has 2 aromatic rings. The summed E-state index contributed by atoms with van der Waals surface area (Å²) < 4.78 is 0. The van der Waals surface area contributed by atoms with Crippen LogP contribution >= 0.6 is 0 Å². The lowest BCUT2D eigenvalue weighted by molar-refractivity contribution is 0.322. The minimum absolute atomic E-state index is 0.168. The van der Waals surface area contributed by atoms with E-state index in [1.807, 2.05) is 6.07 Å². The topological polar surface area (TPSA) is 38.0 Å². The highest BCUT2D eigenvalue weighted by atomic mass is 14.9. The lowest BCUT2D eigenvalue weighted by atomic mass is 9.86. The third-order valence-corrected chi connectivity index (χ3v) is 4.29. The van der Waals surface area contributed by atoms with Gasteiger partial charge in [0, 0.05) is 6.04 Å². The Labute approximate surface area is 121 Å². The summed E-state index contributed by atoms with van der Waals surface area (Å²) in [5.41, 5.74) is 10.2. The second-order valence-electron chi connectivity index (χ2n) is 5.60. The number of nitrogens with two attached hydrogens (primary N) is 1. The van der Waals surface area contributed by atoms with E-state index in [4.69, 9.17) is 5.73 Å². The predicted molar refractivity (Wildman–Crippen MR) is 84.4 cm³/mol. The number of benzene rings is 2. The maximum absolute atomic E-state index is 6.43. The van der Waals surface area contributed by atoms with Gasteiger partial charge in [0.2, 0.25) is 0 Å². The van der Waals surface area contributed by atoms with Crippen LogP contribution in [0.3, 0.4) is 0 Å². The zero-order valence-corrected chi connectivity index (χ0v) is 11.8. The molecule has 1 atom stereocenters. The number of nitrogens with one attached hydrogen (secondary N) is 1. The van der Waals surface area contributed by atoms with Gasteiger partial charge >= 0.3 is 0 Å². The molecule has 1 aliphatic rings. The number of piperidine rings is 1. The molecule has 1 heterocycles. The zero-order valence-electron chi connectivity index (χ0n) is 11.8. The van der Waals surface area contributed by atoms with Crippen molar-refractivity contribution in [1.29, 1.82) is 0 Å². The van der Waals surface area contributed by atoms with E-state index < -0.39 is 0 Å². The van der Waals surface area contributed by atoms with Crippen LogP contribution in [0, 0.1) is 5.92 Å². The summed E-state index contributed by atoms with van der Waals surface area (Å²) in [5, 5.41) is 3.40. The normalized spacial score (nSPS) is 17.9. The van der Waals surface area contributed by atoms with Gasteiger partial charge in [0.05, 0.1) is 0 Å². The average molecular weight is 266 g/mol. The summed E-state index contributed by atoms with van der Waals surface area (Å²) >= 11 is 0. The third kappa shape index (κ3) is 2.92. The predicted octanol–water partition coefficient (Wildman–Crippen LogP) is 3.35. The lowest BCUT2D eigenvalue weighted by Crippen LogP contribution is -2.33. The summed E-state index contributed by atoms with van der Waals surface area (Å²) in [7, 11) is 0. The Kier molecular flexibility index (Phi) is 4.14. The quantitative estimate of drug-likeness (QED) is 0.894. The first kappa shape index (κ1) is 13.3. The van der Waals surface area contributed by atoms with Gasteiger partial charge in [-0.25, -0.2) is 0 Å². The fourth-order valence-electron chi connectivity index (χ4n) is 3.00. The third-order valence-electron chi connectivity index (χ3n) is 4.29. The van der Waals surface area contributed by atoms with Crippen molar-refractivity contribution >= 4 is 0 Å². The van der Waals surface area contributed by atoms with E-state index in [0.717, 1.165) is 13.1 Å². The Balaban J connectivity index is 1.75. The minimum atomic E-state index is 0.168. The van der Waals surface area contributed by atoms with Gasteiger partial charge in [-0.05, 0) is 48.5 Å². The second-order valence-corrected chi connectivity index (χ2v) is 5.60. The van der Waals surface area contributed by atoms with Gasteiger partial charge in [-0.1, -0.05) is 54.6 Å². The van der Waals surface area contributed by atoms with Crippen molar-refractivity contribution in [3.05, 3.63) is 60.2 Å². The molecule has 3 rings (SSSR count). The van der Waals surface area contributed by atoms with Gasteiger partial charge in [0.1, 0.15) is 0 Å². The molecule has 0 radical (unpaired) electrons. The van der Waals surface area contributed by atoms with E-state index in [0.29, 0.717) is 5.92 Å². The molecule has 0 aromatic heterocycles. The molecule has 0 aliphatic carbocycles. The summed E-state index contributed by atoms with van der Waals surface area (Å²) in [6.07, 6.45) is 2.36. The largest absolute Gasteiger partial charge is 0.324 e. The molecule has 1 aliphatic heterocycles. The minimum Gasteiger partial charge on any atom is -0.324 e. The molecule has 0 saturated carbocycles. The Morgan fingerprint density at radius 3 is 2.10 bits per heavy atom. The average Bonchev–Trinajstić information content (AvgIpc) is 2.56. The van der Waals surface area contributed by atoms with Crippen LogP contribution in [-0.4, -0.2) is 13.1 Å². The first-order valence-electron chi connectivity index (χ1n) is 7.46. The van der Waals surface area contributed by atoms with Crippen molar-refractivity contribution in [2.75, 3.05) is 13.1 Å². The van der Waals surface area contributed by atoms with E-state index in [2.05, 4.69) is 53.8 Å². The molecule has 104 valence electrons. The van der Waals surface area contributed by atoms with Crippen LogP contribution in [0.15, 0.2) is 54.6 Å². The molecule has 1 saturated heterocycles. The van der Waals surface area contributed by atoms with Crippen LogP contribution in [0.1, 0.15) is 24.4 Å². The van der Waals surface area contributed by atoms with E-state index >= 15 is 0 Å². The van der Waals surface area contributed by atoms with E-state index in [1.165, 1.54) is 29.5 Å². The molecule has 2 aromatic carbocycles. The standard InChI is InChI=1S/C18H22N2/c19-18(17-10-12-20-13-11-17)16-8-6-15(7-9-16)14-4-2-1-3-5-14/h1-9,17-18,20H,10-13,19H2. The van der Waals surface area contributed by atoms with Gasteiger partial charge < -0.3 is 11.1 Å². The highest BCUT2D eigenvalue weighted by Crippen LogP contribution is 2.28. The molecule has 0 spiro atoms. The molecule has 2 heteroatoms. The van der Waals surface area contributed by atoms with Crippen molar-refractivity contribution in [3.63, 3.8) is 0 Å². The number of rotatable bonds is 3. The number of hydrogen-bond acceptors (Lipinski definition) is 2. The van der Waals surface area contributed by atoms with Gasteiger partial charge in [0.25, 0.3) is 0 Å². The molecule has 20 heavy (non-hydrogen) atoms. The fourth-order valence-corrected chi connectivity index (χ4v) is 3.00. The fraction of sp³-hybridized carbons (Fsp3) is 0.333. The molecule has 0 bridgehead atoms. The molecule has 2 nitrogen and oxygen atoms in total. The molecule has 0 amide bonds. The van der Waals surface area contributed by atoms with Crippen molar-refractivity contribution < 1.29 is 0 Å². The van der Waals surface area contributed by atoms with Gasteiger partial charge in [-0.15, -0.1) is 0 Å². The first-order chi connectivity index (χ1) is 9.84. The Morgan fingerprint density at radius 2 is 1.45 bits per heavy atom. The monoisotopic (exact) mass is 266 g/mol.